The zero-order chi connectivity index (χ0) is 17.3. The summed E-state index contributed by atoms with van der Waals surface area (Å²) in [4.78, 5) is 15.8. The van der Waals surface area contributed by atoms with Gasteiger partial charge in [-0.15, -0.1) is 0 Å². The SMILES string of the molecule is Cc1ccc(-c2noc(Cn3cc(C(F)(F)F)ccc3=O)n2)cc1. The third-order valence-electron chi connectivity index (χ3n) is 3.39. The van der Waals surface area contributed by atoms with Crippen LogP contribution in [-0.2, 0) is 12.7 Å². The number of nitrogens with zero attached hydrogens (tertiary/aromatic N) is 3. The molecule has 0 aliphatic rings. The van der Waals surface area contributed by atoms with Gasteiger partial charge in [-0.05, 0) is 13.0 Å². The van der Waals surface area contributed by atoms with E-state index in [1.807, 2.05) is 19.1 Å². The Balaban J connectivity index is 1.87. The molecule has 0 atom stereocenters. The number of benzene rings is 1. The molecule has 8 heteroatoms. The summed E-state index contributed by atoms with van der Waals surface area (Å²) < 4.78 is 44.1. The highest BCUT2D eigenvalue weighted by atomic mass is 19.4. The van der Waals surface area contributed by atoms with Crippen molar-refractivity contribution in [3.63, 3.8) is 0 Å². The van der Waals surface area contributed by atoms with E-state index in [2.05, 4.69) is 10.1 Å². The van der Waals surface area contributed by atoms with Crippen LogP contribution in [0.15, 0.2) is 51.9 Å². The van der Waals surface area contributed by atoms with Crippen molar-refractivity contribution in [2.45, 2.75) is 19.6 Å². The van der Waals surface area contributed by atoms with E-state index in [-0.39, 0.29) is 12.4 Å². The summed E-state index contributed by atoms with van der Waals surface area (Å²) in [5, 5.41) is 3.79. The molecule has 0 saturated carbocycles. The molecule has 2 aromatic heterocycles. The van der Waals surface area contributed by atoms with Crippen molar-refractivity contribution in [1.82, 2.24) is 14.7 Å². The molecule has 0 bridgehead atoms. The standard InChI is InChI=1S/C16H12F3N3O2/c1-10-2-4-11(5-3-10)15-20-13(24-21-15)9-22-8-12(16(17,18)19)6-7-14(22)23/h2-8H,9H2,1H3. The average molecular weight is 335 g/mol. The number of hydrogen-bond acceptors (Lipinski definition) is 4. The van der Waals surface area contributed by atoms with Gasteiger partial charge in [-0.3, -0.25) is 4.79 Å². The van der Waals surface area contributed by atoms with Crippen LogP contribution in [0, 0.1) is 6.92 Å². The predicted molar refractivity (Wildman–Crippen MR) is 79.3 cm³/mol. The number of aromatic nitrogens is 3. The first-order chi connectivity index (χ1) is 11.3. The number of aryl methyl sites for hydroxylation is 1. The average Bonchev–Trinajstić information content (AvgIpc) is 2.97. The summed E-state index contributed by atoms with van der Waals surface area (Å²) in [5.41, 5.74) is 0.281. The molecule has 3 aromatic rings. The minimum atomic E-state index is -4.53. The van der Waals surface area contributed by atoms with Crippen LogP contribution in [-0.4, -0.2) is 14.7 Å². The Kier molecular flexibility index (Phi) is 3.96. The van der Waals surface area contributed by atoms with Crippen molar-refractivity contribution in [2.24, 2.45) is 0 Å². The first-order valence-electron chi connectivity index (χ1n) is 7.00. The molecule has 3 rings (SSSR count). The summed E-state index contributed by atoms with van der Waals surface area (Å²) in [5.74, 6) is 0.358. The maximum atomic E-state index is 12.7. The van der Waals surface area contributed by atoms with Crippen LogP contribution in [0.4, 0.5) is 13.2 Å². The first kappa shape index (κ1) is 16.0. The fourth-order valence-electron chi connectivity index (χ4n) is 2.11. The quantitative estimate of drug-likeness (QED) is 0.737. The molecule has 0 amide bonds. The second-order valence-electron chi connectivity index (χ2n) is 5.26. The monoisotopic (exact) mass is 335 g/mol. The van der Waals surface area contributed by atoms with Gasteiger partial charge in [-0.2, -0.15) is 18.2 Å². The van der Waals surface area contributed by atoms with Gasteiger partial charge in [-0.1, -0.05) is 35.0 Å². The largest absolute Gasteiger partial charge is 0.417 e. The van der Waals surface area contributed by atoms with Gasteiger partial charge in [-0.25, -0.2) is 0 Å². The number of rotatable bonds is 3. The molecule has 124 valence electrons. The Morgan fingerprint density at radius 1 is 1.12 bits per heavy atom. The van der Waals surface area contributed by atoms with Crippen molar-refractivity contribution in [1.29, 1.82) is 0 Å². The highest BCUT2D eigenvalue weighted by Crippen LogP contribution is 2.28. The molecule has 24 heavy (non-hydrogen) atoms. The molecule has 5 nitrogen and oxygen atoms in total. The van der Waals surface area contributed by atoms with E-state index < -0.39 is 17.3 Å². The molecular formula is C16H12F3N3O2. The van der Waals surface area contributed by atoms with Crippen LogP contribution < -0.4 is 5.56 Å². The highest BCUT2D eigenvalue weighted by Gasteiger charge is 2.31. The summed E-state index contributed by atoms with van der Waals surface area (Å²) in [6, 6.07) is 8.97. The Hall–Kier alpha value is -2.90. The maximum Gasteiger partial charge on any atom is 0.417 e. The lowest BCUT2D eigenvalue weighted by Crippen LogP contribution is -2.22. The fraction of sp³-hybridized carbons (Fsp3) is 0.188. The predicted octanol–water partition coefficient (Wildman–Crippen LogP) is 3.27. The minimum absolute atomic E-state index is 0.0481. The van der Waals surface area contributed by atoms with Gasteiger partial charge in [0.1, 0.15) is 6.54 Å². The first-order valence-corrected chi connectivity index (χ1v) is 7.00. The van der Waals surface area contributed by atoms with E-state index in [0.717, 1.165) is 28.5 Å². The molecule has 0 N–H and O–H groups in total. The van der Waals surface area contributed by atoms with Crippen LogP contribution in [0.1, 0.15) is 17.0 Å². The number of hydrogen-bond donors (Lipinski definition) is 0. The number of pyridine rings is 1. The van der Waals surface area contributed by atoms with Gasteiger partial charge in [0.2, 0.25) is 11.7 Å². The number of alkyl halides is 3. The summed E-state index contributed by atoms with van der Waals surface area (Å²) >= 11 is 0. The van der Waals surface area contributed by atoms with Gasteiger partial charge >= 0.3 is 6.18 Å². The molecular weight excluding hydrogens is 323 g/mol. The molecule has 0 radical (unpaired) electrons. The van der Waals surface area contributed by atoms with Crippen LogP contribution in [0.2, 0.25) is 0 Å². The van der Waals surface area contributed by atoms with Crippen molar-refractivity contribution >= 4 is 0 Å². The fourth-order valence-corrected chi connectivity index (χ4v) is 2.11. The van der Waals surface area contributed by atoms with Gasteiger partial charge < -0.3 is 9.09 Å². The topological polar surface area (TPSA) is 60.9 Å². The highest BCUT2D eigenvalue weighted by molar-refractivity contribution is 5.54. The maximum absolute atomic E-state index is 12.7. The van der Waals surface area contributed by atoms with Crippen LogP contribution in [0.3, 0.4) is 0 Å². The second kappa shape index (κ2) is 5.95. The smallest absolute Gasteiger partial charge is 0.337 e. The summed E-state index contributed by atoms with van der Waals surface area (Å²) in [7, 11) is 0. The van der Waals surface area contributed by atoms with Gasteiger partial charge in [0, 0.05) is 17.8 Å². The molecule has 0 spiro atoms. The lowest BCUT2D eigenvalue weighted by atomic mass is 10.1. The Labute approximate surface area is 134 Å². The van der Waals surface area contributed by atoms with E-state index in [1.165, 1.54) is 0 Å². The number of halogens is 3. The van der Waals surface area contributed by atoms with E-state index >= 15 is 0 Å². The molecule has 0 saturated heterocycles. The summed E-state index contributed by atoms with van der Waals surface area (Å²) in [6.45, 7) is 1.70. The zero-order valence-electron chi connectivity index (χ0n) is 12.5. The Bertz CT molecular complexity index is 911. The van der Waals surface area contributed by atoms with Gasteiger partial charge in [0.25, 0.3) is 5.56 Å². The molecule has 1 aromatic carbocycles. The summed E-state index contributed by atoms with van der Waals surface area (Å²) in [6.07, 6.45) is -3.80. The molecule has 0 aliphatic heterocycles. The van der Waals surface area contributed by atoms with Crippen molar-refractivity contribution in [2.75, 3.05) is 0 Å². The van der Waals surface area contributed by atoms with Crippen LogP contribution >= 0.6 is 0 Å². The zero-order valence-corrected chi connectivity index (χ0v) is 12.5. The molecule has 0 unspecified atom stereocenters. The van der Waals surface area contributed by atoms with Gasteiger partial charge in [0.15, 0.2) is 0 Å². The van der Waals surface area contributed by atoms with E-state index in [9.17, 15) is 18.0 Å². The van der Waals surface area contributed by atoms with Crippen molar-refractivity contribution in [3.05, 3.63) is 70.0 Å². The van der Waals surface area contributed by atoms with Crippen molar-refractivity contribution in [3.8, 4) is 11.4 Å². The lowest BCUT2D eigenvalue weighted by molar-refractivity contribution is -0.138. The van der Waals surface area contributed by atoms with Crippen LogP contribution in [0.5, 0.6) is 0 Å². The van der Waals surface area contributed by atoms with Gasteiger partial charge in [0.05, 0.1) is 5.56 Å². The van der Waals surface area contributed by atoms with Crippen molar-refractivity contribution < 1.29 is 17.7 Å². The normalized spacial score (nSPS) is 11.7. The van der Waals surface area contributed by atoms with Crippen LogP contribution in [0.25, 0.3) is 11.4 Å². The molecule has 0 aliphatic carbocycles. The van der Waals surface area contributed by atoms with E-state index in [0.29, 0.717) is 11.4 Å². The third-order valence-corrected chi connectivity index (χ3v) is 3.39. The minimum Gasteiger partial charge on any atom is -0.337 e. The molecule has 0 fully saturated rings. The Morgan fingerprint density at radius 3 is 2.50 bits per heavy atom. The third kappa shape index (κ3) is 3.37. The molecule has 2 heterocycles. The van der Waals surface area contributed by atoms with E-state index in [1.54, 1.807) is 12.1 Å². The second-order valence-corrected chi connectivity index (χ2v) is 5.26. The van der Waals surface area contributed by atoms with E-state index in [4.69, 9.17) is 4.52 Å². The lowest BCUT2D eigenvalue weighted by Gasteiger charge is -2.08. The Morgan fingerprint density at radius 2 is 1.83 bits per heavy atom.